The van der Waals surface area contributed by atoms with E-state index >= 15 is 0 Å². The summed E-state index contributed by atoms with van der Waals surface area (Å²) in [6.07, 6.45) is 0. The molecule has 0 radical (unpaired) electrons. The van der Waals surface area contributed by atoms with Crippen molar-refractivity contribution >= 4 is 66.0 Å². The quantitative estimate of drug-likeness (QED) is 0.275. The van der Waals surface area contributed by atoms with Gasteiger partial charge in [-0.15, -0.1) is 0 Å². The Balaban J connectivity index is 1.88. The van der Waals surface area contributed by atoms with Crippen molar-refractivity contribution in [1.29, 1.82) is 0 Å². The Morgan fingerprint density at radius 3 is 2.35 bits per heavy atom. The van der Waals surface area contributed by atoms with Crippen LogP contribution in [0.25, 0.3) is 22.2 Å². The zero-order valence-electron chi connectivity index (χ0n) is 17.2. The average Bonchev–Trinajstić information content (AvgIpc) is 2.72. The molecule has 0 aliphatic heterocycles. The number of carbonyl (C=O) groups excluding carboxylic acids is 1. The fourth-order valence-electron chi connectivity index (χ4n) is 3.49. The monoisotopic (exact) mass is 556 g/mol. The molecule has 0 unspecified atom stereocenters. The average molecular weight is 559 g/mol. The Bertz CT molecular complexity index is 1330. The lowest BCUT2D eigenvalue weighted by Gasteiger charge is -2.14. The van der Waals surface area contributed by atoms with Crippen LogP contribution in [0, 0.1) is 20.8 Å². The third-order valence-corrected chi connectivity index (χ3v) is 6.83. The highest BCUT2D eigenvalue weighted by atomic mass is 79.9. The first-order valence-corrected chi connectivity index (χ1v) is 11.6. The molecular weight excluding hydrogens is 540 g/mol. The summed E-state index contributed by atoms with van der Waals surface area (Å²) in [5.41, 5.74) is 6.84. The zero-order chi connectivity index (χ0) is 22.3. The predicted molar refractivity (Wildman–Crippen MR) is 136 cm³/mol. The molecule has 0 atom stereocenters. The van der Waals surface area contributed by atoms with Crippen LogP contribution in [-0.2, 0) is 0 Å². The van der Waals surface area contributed by atoms with Gasteiger partial charge in [-0.25, -0.2) is 4.98 Å². The normalized spacial score (nSPS) is 11.0. The summed E-state index contributed by atoms with van der Waals surface area (Å²) in [7, 11) is 0. The van der Waals surface area contributed by atoms with Crippen molar-refractivity contribution in [3.63, 3.8) is 0 Å². The molecule has 0 fully saturated rings. The second-order valence-electron chi connectivity index (χ2n) is 7.58. The fraction of sp³-hybridized carbons (Fsp3) is 0.120. The van der Waals surface area contributed by atoms with E-state index in [4.69, 9.17) is 16.6 Å². The number of carbonyl (C=O) groups is 1. The van der Waals surface area contributed by atoms with Crippen LogP contribution >= 0.6 is 43.5 Å². The van der Waals surface area contributed by atoms with Gasteiger partial charge < -0.3 is 5.32 Å². The molecule has 1 N–H and O–H groups in total. The first-order valence-electron chi connectivity index (χ1n) is 9.68. The maximum atomic E-state index is 13.4. The highest BCUT2D eigenvalue weighted by Gasteiger charge is 2.17. The number of aryl methyl sites for hydroxylation is 3. The number of halogens is 3. The van der Waals surface area contributed by atoms with Gasteiger partial charge >= 0.3 is 0 Å². The first kappa shape index (κ1) is 22.0. The van der Waals surface area contributed by atoms with Crippen LogP contribution in [0.5, 0.6) is 0 Å². The summed E-state index contributed by atoms with van der Waals surface area (Å²) >= 11 is 13.2. The Labute approximate surface area is 203 Å². The summed E-state index contributed by atoms with van der Waals surface area (Å²) in [5, 5.41) is 4.36. The van der Waals surface area contributed by atoms with Crippen LogP contribution < -0.4 is 5.32 Å². The molecule has 4 rings (SSSR count). The van der Waals surface area contributed by atoms with Crippen LogP contribution in [0.1, 0.15) is 27.0 Å². The van der Waals surface area contributed by atoms with Gasteiger partial charge in [0.2, 0.25) is 0 Å². The van der Waals surface area contributed by atoms with Crippen molar-refractivity contribution in [1.82, 2.24) is 4.98 Å². The number of fused-ring (bicyclic) bond motifs is 1. The molecule has 1 amide bonds. The maximum absolute atomic E-state index is 13.4. The van der Waals surface area contributed by atoms with E-state index in [1.54, 1.807) is 6.07 Å². The molecule has 1 aromatic heterocycles. The molecule has 156 valence electrons. The van der Waals surface area contributed by atoms with Gasteiger partial charge in [-0.1, -0.05) is 57.4 Å². The molecule has 0 aliphatic carbocycles. The van der Waals surface area contributed by atoms with Gasteiger partial charge in [0.1, 0.15) is 0 Å². The summed E-state index contributed by atoms with van der Waals surface area (Å²) < 4.78 is 1.69. The minimum absolute atomic E-state index is 0.209. The molecule has 0 bridgehead atoms. The Kier molecular flexibility index (Phi) is 6.20. The zero-order valence-corrected chi connectivity index (χ0v) is 21.1. The van der Waals surface area contributed by atoms with Gasteiger partial charge in [-0.05, 0) is 78.2 Å². The third-order valence-electron chi connectivity index (χ3n) is 5.18. The van der Waals surface area contributed by atoms with E-state index in [2.05, 4.69) is 37.2 Å². The van der Waals surface area contributed by atoms with E-state index in [1.165, 1.54) is 5.56 Å². The molecule has 0 aliphatic rings. The Morgan fingerprint density at radius 1 is 0.935 bits per heavy atom. The topological polar surface area (TPSA) is 42.0 Å². The minimum Gasteiger partial charge on any atom is -0.322 e. The van der Waals surface area contributed by atoms with Gasteiger partial charge in [0, 0.05) is 25.6 Å². The smallest absolute Gasteiger partial charge is 0.256 e. The number of hydrogen-bond acceptors (Lipinski definition) is 2. The highest BCUT2D eigenvalue weighted by Crippen LogP contribution is 2.32. The molecule has 4 aromatic rings. The number of anilines is 1. The van der Waals surface area contributed by atoms with Crippen molar-refractivity contribution in [2.45, 2.75) is 20.8 Å². The van der Waals surface area contributed by atoms with Crippen molar-refractivity contribution in [3.8, 4) is 11.3 Å². The molecule has 1 heterocycles. The van der Waals surface area contributed by atoms with Crippen LogP contribution in [-0.4, -0.2) is 10.9 Å². The van der Waals surface area contributed by atoms with E-state index in [-0.39, 0.29) is 5.91 Å². The minimum atomic E-state index is -0.209. The second kappa shape index (κ2) is 8.73. The number of aromatic nitrogens is 1. The fourth-order valence-corrected chi connectivity index (χ4v) is 4.68. The van der Waals surface area contributed by atoms with E-state index < -0.39 is 0 Å². The summed E-state index contributed by atoms with van der Waals surface area (Å²) in [4.78, 5) is 18.3. The van der Waals surface area contributed by atoms with Crippen LogP contribution in [0.2, 0.25) is 5.02 Å². The predicted octanol–water partition coefficient (Wildman–Crippen LogP) is 8.26. The first-order chi connectivity index (χ1) is 14.7. The summed E-state index contributed by atoms with van der Waals surface area (Å²) in [5.74, 6) is -0.209. The molecule has 0 spiro atoms. The van der Waals surface area contributed by atoms with Gasteiger partial charge in [-0.3, -0.25) is 4.79 Å². The van der Waals surface area contributed by atoms with Crippen LogP contribution in [0.4, 0.5) is 5.69 Å². The number of benzene rings is 3. The maximum Gasteiger partial charge on any atom is 0.256 e. The molecule has 6 heteroatoms. The molecule has 0 saturated heterocycles. The number of hydrogen-bond donors (Lipinski definition) is 1. The Hall–Kier alpha value is -2.21. The van der Waals surface area contributed by atoms with Crippen molar-refractivity contribution < 1.29 is 4.79 Å². The lowest BCUT2D eigenvalue weighted by molar-refractivity contribution is 0.102. The number of rotatable bonds is 3. The van der Waals surface area contributed by atoms with E-state index in [0.717, 1.165) is 42.2 Å². The van der Waals surface area contributed by atoms with Crippen molar-refractivity contribution in [2.24, 2.45) is 0 Å². The van der Waals surface area contributed by atoms with E-state index in [9.17, 15) is 4.79 Å². The van der Waals surface area contributed by atoms with Crippen molar-refractivity contribution in [3.05, 3.63) is 90.8 Å². The third kappa shape index (κ3) is 4.54. The van der Waals surface area contributed by atoms with Crippen LogP contribution in [0.3, 0.4) is 0 Å². The largest absolute Gasteiger partial charge is 0.322 e. The summed E-state index contributed by atoms with van der Waals surface area (Å²) in [6.45, 7) is 5.98. The number of nitrogens with one attached hydrogen (secondary N) is 1. The molecular formula is C25H19Br2ClN2O. The van der Waals surface area contributed by atoms with Gasteiger partial charge in [0.05, 0.1) is 21.8 Å². The van der Waals surface area contributed by atoms with E-state index in [0.29, 0.717) is 16.3 Å². The number of amides is 1. The molecule has 3 aromatic carbocycles. The van der Waals surface area contributed by atoms with E-state index in [1.807, 2.05) is 69.3 Å². The molecule has 3 nitrogen and oxygen atoms in total. The highest BCUT2D eigenvalue weighted by molar-refractivity contribution is 9.10. The SMILES string of the molecule is Cc1ccc(-c2cc(C(=O)Nc3cc(Cl)c(Br)cc3C)c3cc(Br)cc(C)c3n2)cc1. The molecule has 31 heavy (non-hydrogen) atoms. The summed E-state index contributed by atoms with van der Waals surface area (Å²) in [6, 6.07) is 17.6. The standard InChI is InChI=1S/C25H19Br2ClN2O/c1-13-4-6-16(7-5-13)23-11-19(18-10-17(26)8-15(3)24(18)29-23)25(31)30-22-12-21(28)20(27)9-14(22)2/h4-12H,1-3H3,(H,30,31). The van der Waals surface area contributed by atoms with Crippen molar-refractivity contribution in [2.75, 3.05) is 5.32 Å². The lowest BCUT2D eigenvalue weighted by atomic mass is 10.0. The van der Waals surface area contributed by atoms with Gasteiger partial charge in [0.25, 0.3) is 5.91 Å². The number of pyridine rings is 1. The van der Waals surface area contributed by atoms with Gasteiger partial charge in [-0.2, -0.15) is 0 Å². The van der Waals surface area contributed by atoms with Crippen LogP contribution in [0.15, 0.2) is 63.5 Å². The van der Waals surface area contributed by atoms with Gasteiger partial charge in [0.15, 0.2) is 0 Å². The molecule has 0 saturated carbocycles. The Morgan fingerprint density at radius 2 is 1.65 bits per heavy atom. The number of nitrogens with zero attached hydrogens (tertiary/aromatic N) is 1. The second-order valence-corrected chi connectivity index (χ2v) is 9.75. The lowest BCUT2D eigenvalue weighted by Crippen LogP contribution is -2.14.